The second kappa shape index (κ2) is 9.20. The van der Waals surface area contributed by atoms with Crippen LogP contribution in [0.4, 0.5) is 5.69 Å². The van der Waals surface area contributed by atoms with Gasteiger partial charge in [-0.05, 0) is 45.0 Å². The summed E-state index contributed by atoms with van der Waals surface area (Å²) in [5, 5.41) is 12.4. The van der Waals surface area contributed by atoms with Crippen LogP contribution in [0.2, 0.25) is 0 Å². The number of ether oxygens (including phenoxy) is 1. The van der Waals surface area contributed by atoms with E-state index in [1.807, 2.05) is 67.3 Å². The maximum absolute atomic E-state index is 12.3. The molecule has 1 amide bonds. The van der Waals surface area contributed by atoms with E-state index in [9.17, 15) is 9.90 Å². The van der Waals surface area contributed by atoms with Crippen LogP contribution in [0.15, 0.2) is 54.6 Å². The molecule has 2 rings (SSSR count). The summed E-state index contributed by atoms with van der Waals surface area (Å²) in [7, 11) is 0. The Morgan fingerprint density at radius 3 is 2.40 bits per heavy atom. The largest absolute Gasteiger partial charge is 0.457 e. The number of hydrogen-bond donors (Lipinski definition) is 2. The third-order valence-electron chi connectivity index (χ3n) is 3.67. The van der Waals surface area contributed by atoms with Gasteiger partial charge in [-0.1, -0.05) is 24.3 Å². The molecule has 0 radical (unpaired) electrons. The number of hydrogen-bond acceptors (Lipinski definition) is 4. The molecule has 0 saturated carbocycles. The molecule has 5 nitrogen and oxygen atoms in total. The van der Waals surface area contributed by atoms with Crippen molar-refractivity contribution in [3.05, 3.63) is 54.6 Å². The van der Waals surface area contributed by atoms with E-state index in [4.69, 9.17) is 4.74 Å². The van der Waals surface area contributed by atoms with Crippen LogP contribution in [0.5, 0.6) is 11.5 Å². The lowest BCUT2D eigenvalue weighted by Gasteiger charge is -2.26. The molecule has 2 aromatic carbocycles. The van der Waals surface area contributed by atoms with E-state index < -0.39 is 6.10 Å². The van der Waals surface area contributed by atoms with Gasteiger partial charge in [0.1, 0.15) is 11.5 Å². The number of aliphatic hydroxyl groups is 1. The number of para-hydroxylation sites is 1. The minimum Gasteiger partial charge on any atom is -0.457 e. The Morgan fingerprint density at radius 1 is 1.08 bits per heavy atom. The van der Waals surface area contributed by atoms with Crippen molar-refractivity contribution in [1.29, 1.82) is 0 Å². The van der Waals surface area contributed by atoms with Crippen molar-refractivity contribution in [2.45, 2.75) is 32.9 Å². The molecule has 134 valence electrons. The topological polar surface area (TPSA) is 61.8 Å². The number of benzene rings is 2. The van der Waals surface area contributed by atoms with Gasteiger partial charge in [0.15, 0.2) is 0 Å². The molecule has 2 N–H and O–H groups in total. The molecular weight excluding hydrogens is 316 g/mol. The first-order valence-electron chi connectivity index (χ1n) is 8.49. The minimum atomic E-state index is -0.474. The zero-order valence-electron chi connectivity index (χ0n) is 15.0. The van der Waals surface area contributed by atoms with E-state index in [1.54, 1.807) is 13.0 Å². The summed E-state index contributed by atoms with van der Waals surface area (Å²) < 4.78 is 5.78. The zero-order valence-corrected chi connectivity index (χ0v) is 15.0. The smallest absolute Gasteiger partial charge is 0.238 e. The van der Waals surface area contributed by atoms with Gasteiger partial charge in [0, 0.05) is 24.3 Å². The molecule has 0 aliphatic heterocycles. The van der Waals surface area contributed by atoms with Crippen LogP contribution in [-0.2, 0) is 4.79 Å². The second-order valence-electron chi connectivity index (χ2n) is 6.36. The summed E-state index contributed by atoms with van der Waals surface area (Å²) in [5.41, 5.74) is 0.680. The van der Waals surface area contributed by atoms with Crippen LogP contribution in [0, 0.1) is 0 Å². The average molecular weight is 342 g/mol. The van der Waals surface area contributed by atoms with Crippen molar-refractivity contribution in [3.63, 3.8) is 0 Å². The monoisotopic (exact) mass is 342 g/mol. The van der Waals surface area contributed by atoms with E-state index in [0.717, 1.165) is 5.75 Å². The number of carbonyl (C=O) groups excluding carboxylic acids is 1. The first-order valence-corrected chi connectivity index (χ1v) is 8.49. The Kier molecular flexibility index (Phi) is 6.98. The molecule has 25 heavy (non-hydrogen) atoms. The molecule has 0 bridgehead atoms. The van der Waals surface area contributed by atoms with Crippen LogP contribution >= 0.6 is 0 Å². The number of anilines is 1. The summed E-state index contributed by atoms with van der Waals surface area (Å²) in [4.78, 5) is 14.2. The predicted molar refractivity (Wildman–Crippen MR) is 100.0 cm³/mol. The van der Waals surface area contributed by atoms with Crippen LogP contribution in [0.25, 0.3) is 0 Å². The summed E-state index contributed by atoms with van der Waals surface area (Å²) in [6, 6.07) is 17.0. The van der Waals surface area contributed by atoms with Gasteiger partial charge in [0.25, 0.3) is 0 Å². The van der Waals surface area contributed by atoms with Crippen molar-refractivity contribution in [2.24, 2.45) is 0 Å². The van der Waals surface area contributed by atoms with Gasteiger partial charge < -0.3 is 15.2 Å². The van der Waals surface area contributed by atoms with E-state index in [2.05, 4.69) is 5.32 Å². The Hall–Kier alpha value is -2.37. The van der Waals surface area contributed by atoms with Gasteiger partial charge >= 0.3 is 0 Å². The standard InChI is InChI=1S/C20H26N2O3/c1-15(2)22(13-16(3)23)14-20(24)21-17-8-7-11-19(12-17)25-18-9-5-4-6-10-18/h4-12,15-16,23H,13-14H2,1-3H3,(H,21,24). The van der Waals surface area contributed by atoms with Crippen molar-refractivity contribution < 1.29 is 14.6 Å². The highest BCUT2D eigenvalue weighted by Crippen LogP contribution is 2.23. The maximum Gasteiger partial charge on any atom is 0.238 e. The molecule has 5 heteroatoms. The third-order valence-corrected chi connectivity index (χ3v) is 3.67. The molecule has 0 heterocycles. The Bertz CT molecular complexity index is 672. The molecule has 0 aliphatic carbocycles. The van der Waals surface area contributed by atoms with Gasteiger partial charge in [-0.2, -0.15) is 0 Å². The van der Waals surface area contributed by atoms with E-state index in [1.165, 1.54) is 0 Å². The summed E-state index contributed by atoms with van der Waals surface area (Å²) >= 11 is 0. The first kappa shape index (κ1) is 19.0. The van der Waals surface area contributed by atoms with E-state index >= 15 is 0 Å². The van der Waals surface area contributed by atoms with Crippen LogP contribution in [0.1, 0.15) is 20.8 Å². The molecule has 0 spiro atoms. The molecule has 0 aliphatic rings. The SMILES string of the molecule is CC(O)CN(CC(=O)Nc1cccc(Oc2ccccc2)c1)C(C)C. The van der Waals surface area contributed by atoms with Gasteiger partial charge in [0.2, 0.25) is 5.91 Å². The number of nitrogens with zero attached hydrogens (tertiary/aromatic N) is 1. The number of nitrogens with one attached hydrogen (secondary N) is 1. The predicted octanol–water partition coefficient (Wildman–Crippen LogP) is 3.51. The van der Waals surface area contributed by atoms with Crippen LogP contribution in [-0.4, -0.2) is 41.1 Å². The first-order chi connectivity index (χ1) is 11.9. The Morgan fingerprint density at radius 2 is 1.76 bits per heavy atom. The fraction of sp³-hybridized carbons (Fsp3) is 0.350. The van der Waals surface area contributed by atoms with Crippen molar-refractivity contribution in [3.8, 4) is 11.5 Å². The Balaban J connectivity index is 1.97. The molecule has 0 aromatic heterocycles. The van der Waals surface area contributed by atoms with Crippen LogP contribution < -0.4 is 10.1 Å². The quantitative estimate of drug-likeness (QED) is 0.771. The maximum atomic E-state index is 12.3. The van der Waals surface area contributed by atoms with Crippen molar-refractivity contribution in [1.82, 2.24) is 4.90 Å². The van der Waals surface area contributed by atoms with Gasteiger partial charge in [-0.25, -0.2) is 0 Å². The lowest BCUT2D eigenvalue weighted by molar-refractivity contribution is -0.118. The molecule has 0 saturated heterocycles. The fourth-order valence-electron chi connectivity index (χ4n) is 2.44. The van der Waals surface area contributed by atoms with Crippen molar-refractivity contribution in [2.75, 3.05) is 18.4 Å². The van der Waals surface area contributed by atoms with Gasteiger partial charge in [-0.3, -0.25) is 9.69 Å². The minimum absolute atomic E-state index is 0.119. The molecular formula is C20H26N2O3. The van der Waals surface area contributed by atoms with E-state index in [-0.39, 0.29) is 18.5 Å². The van der Waals surface area contributed by atoms with Gasteiger partial charge in [-0.15, -0.1) is 0 Å². The van der Waals surface area contributed by atoms with Crippen molar-refractivity contribution >= 4 is 11.6 Å². The number of rotatable bonds is 8. The number of carbonyl (C=O) groups is 1. The van der Waals surface area contributed by atoms with Crippen LogP contribution in [0.3, 0.4) is 0 Å². The molecule has 0 fully saturated rings. The fourth-order valence-corrected chi connectivity index (χ4v) is 2.44. The summed E-state index contributed by atoms with van der Waals surface area (Å²) in [5.74, 6) is 1.29. The molecule has 1 unspecified atom stereocenters. The number of aliphatic hydroxyl groups excluding tert-OH is 1. The summed E-state index contributed by atoms with van der Waals surface area (Å²) in [6.45, 7) is 6.42. The molecule has 2 aromatic rings. The lowest BCUT2D eigenvalue weighted by Crippen LogP contribution is -2.41. The zero-order chi connectivity index (χ0) is 18.2. The average Bonchev–Trinajstić information content (AvgIpc) is 2.55. The third kappa shape index (κ3) is 6.57. The second-order valence-corrected chi connectivity index (χ2v) is 6.36. The molecule has 1 atom stereocenters. The summed E-state index contributed by atoms with van der Waals surface area (Å²) in [6.07, 6.45) is -0.474. The lowest BCUT2D eigenvalue weighted by atomic mass is 10.2. The highest BCUT2D eigenvalue weighted by Gasteiger charge is 2.16. The normalized spacial score (nSPS) is 12.2. The number of amides is 1. The van der Waals surface area contributed by atoms with E-state index in [0.29, 0.717) is 18.0 Å². The highest BCUT2D eigenvalue weighted by atomic mass is 16.5. The highest BCUT2D eigenvalue weighted by molar-refractivity contribution is 5.92. The van der Waals surface area contributed by atoms with Gasteiger partial charge in [0.05, 0.1) is 12.6 Å². The Labute approximate surface area is 149 Å².